The van der Waals surface area contributed by atoms with Crippen molar-refractivity contribution in [2.24, 2.45) is 0 Å². The van der Waals surface area contributed by atoms with Gasteiger partial charge >= 0.3 is 0 Å². The Morgan fingerprint density at radius 3 is 2.19 bits per heavy atom. The first kappa shape index (κ1) is 21.5. The van der Waals surface area contributed by atoms with E-state index in [2.05, 4.69) is 32.5 Å². The van der Waals surface area contributed by atoms with Crippen LogP contribution in [-0.2, 0) is 13.1 Å². The van der Waals surface area contributed by atoms with Gasteiger partial charge in [-0.05, 0) is 68.5 Å². The number of carbonyl (C=O) groups is 1. The molecule has 0 bridgehead atoms. The summed E-state index contributed by atoms with van der Waals surface area (Å²) >= 11 is 0. The standard InChI is InChI=1S/C26H26N4O2/c1-18-5-4-6-23(15-18)26-29-28-25(32-26)22-13-11-21(12-14-22)24(31)27-16-19-7-9-20(10-8-19)17-30(2)3/h4-15H,16-17H2,1-3H3,(H,27,31). The Bertz CT molecular complexity index is 1200. The van der Waals surface area contributed by atoms with Crippen LogP contribution in [0.25, 0.3) is 22.9 Å². The molecule has 162 valence electrons. The van der Waals surface area contributed by atoms with Crippen molar-refractivity contribution in [3.8, 4) is 22.9 Å². The van der Waals surface area contributed by atoms with E-state index in [-0.39, 0.29) is 5.91 Å². The second-order valence-electron chi connectivity index (χ2n) is 8.10. The van der Waals surface area contributed by atoms with Crippen molar-refractivity contribution >= 4 is 5.91 Å². The van der Waals surface area contributed by atoms with E-state index in [4.69, 9.17) is 4.42 Å². The molecule has 0 radical (unpaired) electrons. The highest BCUT2D eigenvalue weighted by Crippen LogP contribution is 2.24. The molecular weight excluding hydrogens is 400 g/mol. The molecule has 6 heteroatoms. The van der Waals surface area contributed by atoms with Gasteiger partial charge in [0.05, 0.1) is 0 Å². The molecule has 4 aromatic rings. The van der Waals surface area contributed by atoms with Crippen LogP contribution in [0.5, 0.6) is 0 Å². The first-order valence-electron chi connectivity index (χ1n) is 10.5. The second kappa shape index (κ2) is 9.58. The maximum Gasteiger partial charge on any atom is 0.251 e. The summed E-state index contributed by atoms with van der Waals surface area (Å²) < 4.78 is 5.82. The SMILES string of the molecule is Cc1cccc(-c2nnc(-c3ccc(C(=O)NCc4ccc(CN(C)C)cc4)cc3)o2)c1. The fourth-order valence-corrected chi connectivity index (χ4v) is 3.41. The Labute approximate surface area is 187 Å². The van der Waals surface area contributed by atoms with Gasteiger partial charge in [-0.15, -0.1) is 10.2 Å². The molecule has 6 nitrogen and oxygen atoms in total. The van der Waals surface area contributed by atoms with Crippen LogP contribution in [0.1, 0.15) is 27.0 Å². The van der Waals surface area contributed by atoms with Gasteiger partial charge in [0, 0.05) is 29.8 Å². The average Bonchev–Trinajstić information content (AvgIpc) is 3.29. The predicted octanol–water partition coefficient (Wildman–Crippen LogP) is 4.70. The highest BCUT2D eigenvalue weighted by molar-refractivity contribution is 5.94. The molecule has 32 heavy (non-hydrogen) atoms. The fourth-order valence-electron chi connectivity index (χ4n) is 3.41. The summed E-state index contributed by atoms with van der Waals surface area (Å²) in [6.45, 7) is 3.39. The number of hydrogen-bond donors (Lipinski definition) is 1. The molecule has 0 aliphatic rings. The zero-order chi connectivity index (χ0) is 22.5. The Hall–Kier alpha value is -3.77. The smallest absolute Gasteiger partial charge is 0.251 e. The van der Waals surface area contributed by atoms with Crippen LogP contribution in [0.15, 0.2) is 77.2 Å². The van der Waals surface area contributed by atoms with Crippen LogP contribution in [0.4, 0.5) is 0 Å². The van der Waals surface area contributed by atoms with Crippen LogP contribution in [-0.4, -0.2) is 35.1 Å². The lowest BCUT2D eigenvalue weighted by atomic mass is 10.1. The highest BCUT2D eigenvalue weighted by Gasteiger charge is 2.12. The molecule has 0 saturated carbocycles. The molecule has 0 aliphatic carbocycles. The monoisotopic (exact) mass is 426 g/mol. The van der Waals surface area contributed by atoms with Crippen molar-refractivity contribution in [3.05, 3.63) is 95.1 Å². The number of amides is 1. The summed E-state index contributed by atoms with van der Waals surface area (Å²) in [5.41, 5.74) is 5.66. The number of aryl methyl sites for hydroxylation is 1. The molecule has 4 rings (SSSR count). The van der Waals surface area contributed by atoms with Crippen LogP contribution in [0.2, 0.25) is 0 Å². The average molecular weight is 427 g/mol. The lowest BCUT2D eigenvalue weighted by molar-refractivity contribution is 0.0951. The van der Waals surface area contributed by atoms with Gasteiger partial charge in [0.2, 0.25) is 11.8 Å². The molecule has 0 atom stereocenters. The van der Waals surface area contributed by atoms with Crippen LogP contribution in [0.3, 0.4) is 0 Å². The van der Waals surface area contributed by atoms with Gasteiger partial charge < -0.3 is 14.6 Å². The first-order valence-corrected chi connectivity index (χ1v) is 10.5. The van der Waals surface area contributed by atoms with Crippen molar-refractivity contribution in [2.45, 2.75) is 20.0 Å². The largest absolute Gasteiger partial charge is 0.416 e. The molecule has 0 spiro atoms. The zero-order valence-corrected chi connectivity index (χ0v) is 18.5. The van der Waals surface area contributed by atoms with E-state index >= 15 is 0 Å². The van der Waals surface area contributed by atoms with Crippen LogP contribution < -0.4 is 5.32 Å². The molecule has 0 aliphatic heterocycles. The molecule has 1 aromatic heterocycles. The van der Waals surface area contributed by atoms with E-state index < -0.39 is 0 Å². The lowest BCUT2D eigenvalue weighted by Gasteiger charge is -2.10. The second-order valence-corrected chi connectivity index (χ2v) is 8.10. The van der Waals surface area contributed by atoms with E-state index in [9.17, 15) is 4.79 Å². The van der Waals surface area contributed by atoms with Crippen LogP contribution >= 0.6 is 0 Å². The molecule has 0 unspecified atom stereocenters. The minimum Gasteiger partial charge on any atom is -0.416 e. The number of hydrogen-bond acceptors (Lipinski definition) is 5. The Morgan fingerprint density at radius 2 is 1.53 bits per heavy atom. The predicted molar refractivity (Wildman–Crippen MR) is 125 cm³/mol. The van der Waals surface area contributed by atoms with Gasteiger partial charge in [-0.25, -0.2) is 0 Å². The fraction of sp³-hybridized carbons (Fsp3) is 0.192. The third kappa shape index (κ3) is 5.28. The van der Waals surface area contributed by atoms with Gasteiger partial charge in [-0.1, -0.05) is 42.0 Å². The molecule has 1 heterocycles. The molecule has 1 amide bonds. The van der Waals surface area contributed by atoms with Gasteiger partial charge in [0.15, 0.2) is 0 Å². The van der Waals surface area contributed by atoms with Crippen molar-refractivity contribution < 1.29 is 9.21 Å². The van der Waals surface area contributed by atoms with E-state index in [0.29, 0.717) is 23.9 Å². The van der Waals surface area contributed by atoms with Gasteiger partial charge in [-0.2, -0.15) is 0 Å². The van der Waals surface area contributed by atoms with Gasteiger partial charge in [0.25, 0.3) is 5.91 Å². The number of nitrogens with one attached hydrogen (secondary N) is 1. The number of carbonyl (C=O) groups excluding carboxylic acids is 1. The number of nitrogens with zero attached hydrogens (tertiary/aromatic N) is 3. The maximum atomic E-state index is 12.5. The number of aromatic nitrogens is 2. The topological polar surface area (TPSA) is 71.3 Å². The minimum atomic E-state index is -0.125. The van der Waals surface area contributed by atoms with Crippen molar-refractivity contribution in [1.29, 1.82) is 0 Å². The summed E-state index contributed by atoms with van der Waals surface area (Å²) in [4.78, 5) is 14.7. The lowest BCUT2D eigenvalue weighted by Crippen LogP contribution is -2.22. The summed E-state index contributed by atoms with van der Waals surface area (Å²) in [6, 6.07) is 23.4. The third-order valence-electron chi connectivity index (χ3n) is 5.06. The van der Waals surface area contributed by atoms with E-state index in [0.717, 1.165) is 28.8 Å². The van der Waals surface area contributed by atoms with Crippen LogP contribution in [0, 0.1) is 6.92 Å². The molecule has 0 saturated heterocycles. The number of rotatable bonds is 7. The molecular formula is C26H26N4O2. The van der Waals surface area contributed by atoms with E-state index in [1.807, 2.05) is 69.6 Å². The van der Waals surface area contributed by atoms with Gasteiger partial charge in [-0.3, -0.25) is 4.79 Å². The third-order valence-corrected chi connectivity index (χ3v) is 5.06. The Morgan fingerprint density at radius 1 is 0.875 bits per heavy atom. The van der Waals surface area contributed by atoms with Crippen molar-refractivity contribution in [1.82, 2.24) is 20.4 Å². The molecule has 1 N–H and O–H groups in total. The van der Waals surface area contributed by atoms with Crippen molar-refractivity contribution in [3.63, 3.8) is 0 Å². The zero-order valence-electron chi connectivity index (χ0n) is 18.5. The maximum absolute atomic E-state index is 12.5. The van der Waals surface area contributed by atoms with E-state index in [1.54, 1.807) is 12.1 Å². The quantitative estimate of drug-likeness (QED) is 0.464. The Balaban J connectivity index is 1.38. The van der Waals surface area contributed by atoms with E-state index in [1.165, 1.54) is 5.56 Å². The summed E-state index contributed by atoms with van der Waals surface area (Å²) in [6.07, 6.45) is 0. The van der Waals surface area contributed by atoms with Gasteiger partial charge in [0.1, 0.15) is 0 Å². The normalized spacial score (nSPS) is 11.0. The first-order chi connectivity index (χ1) is 15.5. The summed E-state index contributed by atoms with van der Waals surface area (Å²) in [7, 11) is 4.09. The summed E-state index contributed by atoms with van der Waals surface area (Å²) in [5, 5.41) is 11.3. The highest BCUT2D eigenvalue weighted by atomic mass is 16.4. The molecule has 3 aromatic carbocycles. The minimum absolute atomic E-state index is 0.125. The summed E-state index contributed by atoms with van der Waals surface area (Å²) in [5.74, 6) is 0.772. The number of benzene rings is 3. The van der Waals surface area contributed by atoms with Crippen molar-refractivity contribution in [2.75, 3.05) is 14.1 Å². The molecule has 0 fully saturated rings. The Kier molecular flexibility index (Phi) is 6.42.